The predicted octanol–water partition coefficient (Wildman–Crippen LogP) is 2.93. The van der Waals surface area contributed by atoms with Crippen molar-refractivity contribution in [3.8, 4) is 5.75 Å². The molecule has 0 fully saturated rings. The third kappa shape index (κ3) is 2.15. The molecule has 13 heavy (non-hydrogen) atoms. The fourth-order valence-corrected chi connectivity index (χ4v) is 1.40. The molecule has 1 aromatic heterocycles. The zero-order chi connectivity index (χ0) is 10.0. The Hall–Kier alpha value is -0.710. The first kappa shape index (κ1) is 10.4. The van der Waals surface area contributed by atoms with E-state index in [1.54, 1.807) is 6.92 Å². The van der Waals surface area contributed by atoms with Crippen LogP contribution in [0.2, 0.25) is 0 Å². The van der Waals surface area contributed by atoms with Gasteiger partial charge in [0.2, 0.25) is 0 Å². The summed E-state index contributed by atoms with van der Waals surface area (Å²) in [6.07, 6.45) is -2.61. The van der Waals surface area contributed by atoms with E-state index in [1.165, 1.54) is 0 Å². The fourth-order valence-electron chi connectivity index (χ4n) is 0.955. The van der Waals surface area contributed by atoms with Crippen LogP contribution in [-0.2, 0) is 5.33 Å². The predicted molar refractivity (Wildman–Crippen MR) is 48.2 cm³/mol. The van der Waals surface area contributed by atoms with E-state index in [-0.39, 0.29) is 22.3 Å². The Balaban J connectivity index is 3.25. The Morgan fingerprint density at radius 2 is 2.23 bits per heavy atom. The summed E-state index contributed by atoms with van der Waals surface area (Å²) in [6.45, 7) is 1.57. The molecule has 1 rings (SSSR count). The van der Waals surface area contributed by atoms with Gasteiger partial charge in [-0.25, -0.2) is 8.78 Å². The van der Waals surface area contributed by atoms with Gasteiger partial charge in [0, 0.05) is 10.9 Å². The van der Waals surface area contributed by atoms with Crippen LogP contribution in [0.4, 0.5) is 8.78 Å². The molecule has 0 aliphatic carbocycles. The summed E-state index contributed by atoms with van der Waals surface area (Å²) in [6, 6.07) is 1.06. The van der Waals surface area contributed by atoms with Crippen molar-refractivity contribution in [2.24, 2.45) is 0 Å². The van der Waals surface area contributed by atoms with Gasteiger partial charge in [-0.1, -0.05) is 15.9 Å². The molecule has 0 saturated heterocycles. The maximum Gasteiger partial charge on any atom is 0.265 e. The Morgan fingerprint density at radius 3 is 2.69 bits per heavy atom. The molecule has 1 aromatic rings. The third-order valence-corrected chi connectivity index (χ3v) is 2.19. The highest BCUT2D eigenvalue weighted by Gasteiger charge is 2.15. The number of aromatic hydroxyl groups is 1. The number of aryl methyl sites for hydroxylation is 1. The van der Waals surface area contributed by atoms with Gasteiger partial charge in [0.15, 0.2) is 0 Å². The maximum atomic E-state index is 12.4. The monoisotopic (exact) mass is 251 g/mol. The maximum absolute atomic E-state index is 12.4. The average molecular weight is 252 g/mol. The van der Waals surface area contributed by atoms with Gasteiger partial charge >= 0.3 is 0 Å². The van der Waals surface area contributed by atoms with Crippen LogP contribution in [0.3, 0.4) is 0 Å². The van der Waals surface area contributed by atoms with Gasteiger partial charge in [-0.15, -0.1) is 0 Å². The number of hydrogen-bond acceptors (Lipinski definition) is 2. The highest BCUT2D eigenvalue weighted by atomic mass is 79.9. The lowest BCUT2D eigenvalue weighted by Crippen LogP contribution is -1.98. The van der Waals surface area contributed by atoms with E-state index in [4.69, 9.17) is 5.11 Å². The third-order valence-electron chi connectivity index (χ3n) is 1.66. The summed E-state index contributed by atoms with van der Waals surface area (Å²) in [5, 5.41) is 9.42. The number of rotatable bonds is 2. The Kier molecular flexibility index (Phi) is 3.19. The standard InChI is InChI=1S/C8H8BrF2NO/c1-4-7(13)2-5(8(10)11)6(3-9)12-4/h2,8,13H,3H2,1H3. The largest absolute Gasteiger partial charge is 0.506 e. The van der Waals surface area contributed by atoms with Crippen molar-refractivity contribution in [3.63, 3.8) is 0 Å². The fraction of sp³-hybridized carbons (Fsp3) is 0.375. The van der Waals surface area contributed by atoms with Crippen molar-refractivity contribution in [2.45, 2.75) is 18.7 Å². The minimum atomic E-state index is -2.61. The minimum Gasteiger partial charge on any atom is -0.506 e. The number of halogens is 3. The molecule has 0 aliphatic heterocycles. The molecule has 0 spiro atoms. The molecule has 0 aliphatic rings. The highest BCUT2D eigenvalue weighted by Crippen LogP contribution is 2.28. The average Bonchev–Trinajstić information content (AvgIpc) is 2.08. The van der Waals surface area contributed by atoms with E-state index in [1.807, 2.05) is 0 Å². The van der Waals surface area contributed by atoms with Crippen LogP contribution in [0.5, 0.6) is 5.75 Å². The Bertz CT molecular complexity index is 317. The van der Waals surface area contributed by atoms with Crippen molar-refractivity contribution >= 4 is 15.9 Å². The summed E-state index contributed by atoms with van der Waals surface area (Å²) >= 11 is 3.06. The van der Waals surface area contributed by atoms with Crippen LogP contribution in [0, 0.1) is 6.92 Å². The van der Waals surface area contributed by atoms with E-state index >= 15 is 0 Å². The second kappa shape index (κ2) is 4.00. The molecule has 2 nitrogen and oxygen atoms in total. The lowest BCUT2D eigenvalue weighted by atomic mass is 10.2. The van der Waals surface area contributed by atoms with Crippen LogP contribution < -0.4 is 0 Å². The lowest BCUT2D eigenvalue weighted by molar-refractivity contribution is 0.149. The summed E-state index contributed by atoms with van der Waals surface area (Å²) in [7, 11) is 0. The minimum absolute atomic E-state index is 0.194. The van der Waals surface area contributed by atoms with Gasteiger partial charge in [0.25, 0.3) is 6.43 Å². The number of alkyl halides is 3. The first-order valence-electron chi connectivity index (χ1n) is 3.59. The molecule has 0 radical (unpaired) electrons. The lowest BCUT2D eigenvalue weighted by Gasteiger charge is -2.07. The molecule has 1 heterocycles. The highest BCUT2D eigenvalue weighted by molar-refractivity contribution is 9.08. The topological polar surface area (TPSA) is 33.1 Å². The molecular weight excluding hydrogens is 244 g/mol. The smallest absolute Gasteiger partial charge is 0.265 e. The van der Waals surface area contributed by atoms with Crippen LogP contribution in [0.15, 0.2) is 6.07 Å². The summed E-state index contributed by atoms with van der Waals surface area (Å²) < 4.78 is 24.7. The van der Waals surface area contributed by atoms with Gasteiger partial charge in [-0.05, 0) is 13.0 Å². The Labute approximate surface area is 82.7 Å². The Morgan fingerprint density at radius 1 is 1.62 bits per heavy atom. The van der Waals surface area contributed by atoms with Crippen molar-refractivity contribution < 1.29 is 13.9 Å². The van der Waals surface area contributed by atoms with Crippen LogP contribution in [-0.4, -0.2) is 10.1 Å². The zero-order valence-corrected chi connectivity index (χ0v) is 8.48. The van der Waals surface area contributed by atoms with Crippen LogP contribution >= 0.6 is 15.9 Å². The number of pyridine rings is 1. The van der Waals surface area contributed by atoms with Gasteiger partial charge in [-0.2, -0.15) is 0 Å². The molecule has 0 atom stereocenters. The number of aromatic nitrogens is 1. The molecule has 5 heteroatoms. The molecule has 0 unspecified atom stereocenters. The van der Waals surface area contributed by atoms with Crippen LogP contribution in [0.25, 0.3) is 0 Å². The van der Waals surface area contributed by atoms with Gasteiger partial charge in [0.05, 0.1) is 11.4 Å². The van der Waals surface area contributed by atoms with E-state index in [0.717, 1.165) is 6.07 Å². The van der Waals surface area contributed by atoms with E-state index < -0.39 is 6.43 Å². The molecule has 0 amide bonds. The molecule has 0 saturated carbocycles. The van der Waals surface area contributed by atoms with Gasteiger partial charge in [0.1, 0.15) is 5.75 Å². The van der Waals surface area contributed by atoms with Crippen molar-refractivity contribution in [3.05, 3.63) is 23.0 Å². The molecular formula is C8H8BrF2NO. The number of nitrogens with zero attached hydrogens (tertiary/aromatic N) is 1. The van der Waals surface area contributed by atoms with E-state index in [0.29, 0.717) is 5.69 Å². The summed E-state index contributed by atoms with van der Waals surface area (Å²) in [5.74, 6) is -0.194. The SMILES string of the molecule is Cc1nc(CBr)c(C(F)F)cc1O. The second-order valence-corrected chi connectivity index (χ2v) is 3.12. The van der Waals surface area contributed by atoms with Crippen LogP contribution in [0.1, 0.15) is 23.4 Å². The summed E-state index contributed by atoms with van der Waals surface area (Å²) in [5.41, 5.74) is 0.407. The molecule has 0 aromatic carbocycles. The van der Waals surface area contributed by atoms with E-state index in [9.17, 15) is 8.78 Å². The van der Waals surface area contributed by atoms with Gasteiger partial charge in [-0.3, -0.25) is 4.98 Å². The van der Waals surface area contributed by atoms with Crippen molar-refractivity contribution in [1.29, 1.82) is 0 Å². The van der Waals surface area contributed by atoms with E-state index in [2.05, 4.69) is 20.9 Å². The quantitative estimate of drug-likeness (QED) is 0.821. The van der Waals surface area contributed by atoms with Crippen molar-refractivity contribution in [2.75, 3.05) is 0 Å². The molecule has 0 bridgehead atoms. The first-order chi connectivity index (χ1) is 6.06. The molecule has 72 valence electrons. The van der Waals surface area contributed by atoms with Crippen molar-refractivity contribution in [1.82, 2.24) is 4.98 Å². The zero-order valence-electron chi connectivity index (χ0n) is 6.89. The first-order valence-corrected chi connectivity index (χ1v) is 4.72. The number of hydrogen-bond donors (Lipinski definition) is 1. The van der Waals surface area contributed by atoms with Gasteiger partial charge < -0.3 is 5.11 Å². The molecule has 1 N–H and O–H groups in total. The summed E-state index contributed by atoms with van der Waals surface area (Å²) in [4.78, 5) is 3.84. The normalized spacial score (nSPS) is 10.8. The second-order valence-electron chi connectivity index (χ2n) is 2.56.